The van der Waals surface area contributed by atoms with E-state index < -0.39 is 23.3 Å². The highest BCUT2D eigenvalue weighted by Gasteiger charge is 2.64. The summed E-state index contributed by atoms with van der Waals surface area (Å²) in [6, 6.07) is 3.99. The molecule has 2 aliphatic rings. The number of H-pyrrole nitrogens is 1. The molecule has 0 aromatic carbocycles. The van der Waals surface area contributed by atoms with Crippen LogP contribution < -0.4 is 0 Å². The molecule has 1 saturated carbocycles. The molecular weight excluding hydrogens is 368 g/mol. The van der Waals surface area contributed by atoms with Crippen LogP contribution in [0.2, 0.25) is 0 Å². The maximum atomic E-state index is 13.2. The Kier molecular flexibility index (Phi) is 3.34. The number of aromatic amines is 1. The van der Waals surface area contributed by atoms with Gasteiger partial charge >= 0.3 is 0 Å². The van der Waals surface area contributed by atoms with Crippen LogP contribution in [-0.2, 0) is 10.3 Å². The number of carbonyl (C=O) groups excluding carboxylic acids is 1. The second kappa shape index (κ2) is 5.58. The second-order valence-corrected chi connectivity index (χ2v) is 7.41. The third kappa shape index (κ3) is 2.39. The maximum Gasteiger partial charge on any atom is 0.260 e. The second-order valence-electron chi connectivity index (χ2n) is 7.41. The number of fused-ring (bicyclic) bond motifs is 1. The number of aromatic nitrogens is 5. The van der Waals surface area contributed by atoms with Gasteiger partial charge < -0.3 is 9.88 Å². The fourth-order valence-corrected chi connectivity index (χ4v) is 3.81. The van der Waals surface area contributed by atoms with Crippen molar-refractivity contribution < 1.29 is 13.6 Å². The Morgan fingerprint density at radius 3 is 2.89 bits per heavy atom. The monoisotopic (exact) mass is 383 g/mol. The molecule has 1 aliphatic carbocycles. The molecule has 3 aromatic heterocycles. The van der Waals surface area contributed by atoms with Gasteiger partial charge in [0.05, 0.1) is 24.4 Å². The van der Waals surface area contributed by atoms with Crippen LogP contribution in [0, 0.1) is 17.2 Å². The Hall–Kier alpha value is -3.35. The zero-order chi connectivity index (χ0) is 19.5. The first-order valence-electron chi connectivity index (χ1n) is 8.81. The van der Waals surface area contributed by atoms with E-state index >= 15 is 0 Å². The van der Waals surface area contributed by atoms with Gasteiger partial charge in [0.15, 0.2) is 0 Å². The number of likely N-dealkylation sites (tertiary alicyclic amines) is 1. The molecule has 1 atom stereocenters. The van der Waals surface area contributed by atoms with E-state index in [1.165, 1.54) is 11.2 Å². The van der Waals surface area contributed by atoms with Crippen molar-refractivity contribution in [2.75, 3.05) is 13.1 Å². The third-order valence-corrected chi connectivity index (χ3v) is 5.51. The van der Waals surface area contributed by atoms with Gasteiger partial charge in [0, 0.05) is 42.9 Å². The van der Waals surface area contributed by atoms with Crippen LogP contribution in [0.25, 0.3) is 22.3 Å². The highest BCUT2D eigenvalue weighted by molar-refractivity contribution is 5.90. The number of nitrogens with one attached hydrogen (secondary N) is 1. The summed E-state index contributed by atoms with van der Waals surface area (Å²) in [7, 11) is 0. The van der Waals surface area contributed by atoms with Crippen molar-refractivity contribution in [2.45, 2.75) is 24.3 Å². The zero-order valence-corrected chi connectivity index (χ0v) is 14.6. The van der Waals surface area contributed by atoms with Crippen molar-refractivity contribution in [3.05, 3.63) is 31.0 Å². The van der Waals surface area contributed by atoms with Gasteiger partial charge in [0.1, 0.15) is 23.4 Å². The van der Waals surface area contributed by atoms with Gasteiger partial charge in [-0.25, -0.2) is 18.7 Å². The summed E-state index contributed by atoms with van der Waals surface area (Å²) in [6.45, 7) is 0.382. The van der Waals surface area contributed by atoms with Gasteiger partial charge in [-0.1, -0.05) is 0 Å². The Labute approximate surface area is 157 Å². The predicted molar refractivity (Wildman–Crippen MR) is 92.9 cm³/mol. The minimum atomic E-state index is -2.89. The number of nitriles is 1. The van der Waals surface area contributed by atoms with Crippen molar-refractivity contribution in [1.82, 2.24) is 29.6 Å². The lowest BCUT2D eigenvalue weighted by molar-refractivity contribution is -0.146. The number of carbonyl (C=O) groups is 1. The quantitative estimate of drug-likeness (QED) is 0.741. The molecule has 0 bridgehead atoms. The molecule has 3 aromatic rings. The summed E-state index contributed by atoms with van der Waals surface area (Å²) >= 11 is 0. The van der Waals surface area contributed by atoms with E-state index in [1.54, 1.807) is 23.3 Å². The van der Waals surface area contributed by atoms with E-state index in [-0.39, 0.29) is 25.9 Å². The number of hydrogen-bond acceptors (Lipinski definition) is 5. The SMILES string of the molecule is N#CCC1(n2cc(-c3ncnc4[nH]ccc34)cn2)CN(C(=O)[C@@H]2CC2(F)F)C1. The molecule has 1 N–H and O–H groups in total. The first kappa shape index (κ1) is 16.8. The van der Waals surface area contributed by atoms with Crippen LogP contribution in [0.4, 0.5) is 8.78 Å². The average Bonchev–Trinajstić information content (AvgIpc) is 3.05. The maximum absolute atomic E-state index is 13.2. The van der Waals surface area contributed by atoms with Gasteiger partial charge in [0.25, 0.3) is 5.92 Å². The summed E-state index contributed by atoms with van der Waals surface area (Å²) in [6.07, 6.45) is 6.39. The molecule has 5 rings (SSSR count). The molecule has 0 radical (unpaired) electrons. The van der Waals surface area contributed by atoms with Gasteiger partial charge in [-0.15, -0.1) is 0 Å². The molecule has 10 heteroatoms. The lowest BCUT2D eigenvalue weighted by Crippen LogP contribution is -2.64. The average molecular weight is 383 g/mol. The molecule has 28 heavy (non-hydrogen) atoms. The molecule has 0 unspecified atom stereocenters. The van der Waals surface area contributed by atoms with Crippen molar-refractivity contribution in [2.24, 2.45) is 5.92 Å². The standard InChI is InChI=1S/C18H15F2N7O/c19-18(20)5-13(18)16(28)26-8-17(9-26,2-3-21)27-7-11(6-25-27)14-12-1-4-22-15(12)24-10-23-14/h1,4,6-7,10,13H,2,5,8-9H2,(H,22,23,24)/t13-/m0/s1. The van der Waals surface area contributed by atoms with E-state index in [9.17, 15) is 18.8 Å². The lowest BCUT2D eigenvalue weighted by Gasteiger charge is -2.49. The fraction of sp³-hybridized carbons (Fsp3) is 0.389. The summed E-state index contributed by atoms with van der Waals surface area (Å²) < 4.78 is 28.0. The van der Waals surface area contributed by atoms with E-state index in [0.29, 0.717) is 11.3 Å². The Morgan fingerprint density at radius 2 is 2.18 bits per heavy atom. The largest absolute Gasteiger partial charge is 0.346 e. The minimum absolute atomic E-state index is 0.127. The van der Waals surface area contributed by atoms with Gasteiger partial charge in [-0.05, 0) is 6.07 Å². The molecule has 8 nitrogen and oxygen atoms in total. The van der Waals surface area contributed by atoms with E-state index in [0.717, 1.165) is 10.9 Å². The van der Waals surface area contributed by atoms with Gasteiger partial charge in [-0.2, -0.15) is 10.4 Å². The molecule has 1 amide bonds. The number of hydrogen-bond donors (Lipinski definition) is 1. The van der Waals surface area contributed by atoms with Crippen molar-refractivity contribution in [3.63, 3.8) is 0 Å². The Balaban J connectivity index is 1.41. The van der Waals surface area contributed by atoms with Gasteiger partial charge in [-0.3, -0.25) is 9.48 Å². The molecule has 1 aliphatic heterocycles. The number of rotatable bonds is 4. The first-order chi connectivity index (χ1) is 13.4. The summed E-state index contributed by atoms with van der Waals surface area (Å²) in [5.41, 5.74) is 1.45. The molecule has 4 heterocycles. The molecule has 0 spiro atoms. The van der Waals surface area contributed by atoms with Gasteiger partial charge in [0.2, 0.25) is 5.91 Å². The number of halogens is 2. The van der Waals surface area contributed by atoms with Crippen LogP contribution in [-0.4, -0.2) is 54.6 Å². The highest BCUT2D eigenvalue weighted by atomic mass is 19.3. The third-order valence-electron chi connectivity index (χ3n) is 5.51. The van der Waals surface area contributed by atoms with Crippen LogP contribution in [0.15, 0.2) is 31.0 Å². The minimum Gasteiger partial charge on any atom is -0.346 e. The van der Waals surface area contributed by atoms with E-state index in [1.807, 2.05) is 6.07 Å². The Morgan fingerprint density at radius 1 is 1.39 bits per heavy atom. The van der Waals surface area contributed by atoms with Crippen LogP contribution >= 0.6 is 0 Å². The summed E-state index contributed by atoms with van der Waals surface area (Å²) in [5.74, 6) is -4.65. The smallest absolute Gasteiger partial charge is 0.260 e. The lowest BCUT2D eigenvalue weighted by atomic mass is 9.86. The molecule has 1 saturated heterocycles. The van der Waals surface area contributed by atoms with E-state index in [4.69, 9.17) is 0 Å². The molecular formula is C18H15F2N7O. The number of alkyl halides is 2. The topological polar surface area (TPSA) is 103 Å². The first-order valence-corrected chi connectivity index (χ1v) is 8.81. The number of amides is 1. The summed E-state index contributed by atoms with van der Waals surface area (Å²) in [5, 5.41) is 14.5. The van der Waals surface area contributed by atoms with Crippen molar-refractivity contribution in [1.29, 1.82) is 5.26 Å². The predicted octanol–water partition coefficient (Wildman–Crippen LogP) is 1.93. The Bertz CT molecular complexity index is 1120. The van der Waals surface area contributed by atoms with Crippen LogP contribution in [0.1, 0.15) is 12.8 Å². The van der Waals surface area contributed by atoms with Crippen LogP contribution in [0.3, 0.4) is 0 Å². The zero-order valence-electron chi connectivity index (χ0n) is 14.6. The normalized spacial score (nSPS) is 21.9. The fourth-order valence-electron chi connectivity index (χ4n) is 3.81. The van der Waals surface area contributed by atoms with Crippen molar-refractivity contribution in [3.8, 4) is 17.3 Å². The highest BCUT2D eigenvalue weighted by Crippen LogP contribution is 2.50. The van der Waals surface area contributed by atoms with Crippen LogP contribution in [0.5, 0.6) is 0 Å². The number of nitrogens with zero attached hydrogens (tertiary/aromatic N) is 6. The van der Waals surface area contributed by atoms with Crippen molar-refractivity contribution >= 4 is 16.9 Å². The molecule has 2 fully saturated rings. The summed E-state index contributed by atoms with van der Waals surface area (Å²) in [4.78, 5) is 25.1. The van der Waals surface area contributed by atoms with E-state index in [2.05, 4.69) is 26.1 Å². The molecule has 142 valence electrons.